The van der Waals surface area contributed by atoms with E-state index in [1.165, 1.54) is 0 Å². The molecular weight excluding hydrogens is 258 g/mol. The first-order valence-electron chi connectivity index (χ1n) is 6.42. The number of hydrogen-bond donors (Lipinski definition) is 1. The lowest BCUT2D eigenvalue weighted by atomic mass is 9.93. The zero-order valence-corrected chi connectivity index (χ0v) is 12.1. The van der Waals surface area contributed by atoms with E-state index in [-0.39, 0.29) is 11.8 Å². The van der Waals surface area contributed by atoms with Crippen molar-refractivity contribution >= 4 is 23.4 Å². The number of methoxy groups -OCH3 is 1. The molecule has 1 aromatic rings. The average Bonchev–Trinajstić information content (AvgIpc) is 2.48. The van der Waals surface area contributed by atoms with E-state index >= 15 is 0 Å². The zero-order chi connectivity index (χ0) is 13.7. The minimum atomic E-state index is 0.0786. The molecule has 102 valence electrons. The Morgan fingerprint density at radius 1 is 1.42 bits per heavy atom. The van der Waals surface area contributed by atoms with Gasteiger partial charge in [0.05, 0.1) is 12.8 Å². The van der Waals surface area contributed by atoms with Gasteiger partial charge in [-0.1, -0.05) is 12.2 Å². The molecule has 0 radical (unpaired) electrons. The third-order valence-electron chi connectivity index (χ3n) is 3.31. The molecule has 1 N–H and O–H groups in total. The second-order valence-electron chi connectivity index (χ2n) is 4.54. The highest BCUT2D eigenvalue weighted by Crippen LogP contribution is 2.30. The Labute approximate surface area is 118 Å². The van der Waals surface area contributed by atoms with Gasteiger partial charge >= 0.3 is 0 Å². The average molecular weight is 277 g/mol. The van der Waals surface area contributed by atoms with Crippen LogP contribution in [0.25, 0.3) is 0 Å². The molecule has 0 fully saturated rings. The van der Waals surface area contributed by atoms with E-state index in [1.54, 1.807) is 18.9 Å². The maximum atomic E-state index is 12.2. The second-order valence-corrected chi connectivity index (χ2v) is 5.42. The largest absolute Gasteiger partial charge is 0.495 e. The summed E-state index contributed by atoms with van der Waals surface area (Å²) in [6, 6.07) is 5.84. The molecule has 0 bridgehead atoms. The van der Waals surface area contributed by atoms with E-state index in [0.29, 0.717) is 5.75 Å². The van der Waals surface area contributed by atoms with Gasteiger partial charge in [-0.3, -0.25) is 4.79 Å². The summed E-state index contributed by atoms with van der Waals surface area (Å²) in [6.45, 7) is 0. The Morgan fingerprint density at radius 3 is 2.89 bits per heavy atom. The number of allylic oxidation sites excluding steroid dienone is 2. The van der Waals surface area contributed by atoms with Crippen LogP contribution in [0.3, 0.4) is 0 Å². The van der Waals surface area contributed by atoms with Crippen LogP contribution in [-0.2, 0) is 4.79 Å². The van der Waals surface area contributed by atoms with Crippen LogP contribution in [-0.4, -0.2) is 19.3 Å². The summed E-state index contributed by atoms with van der Waals surface area (Å²) >= 11 is 1.65. The van der Waals surface area contributed by atoms with Crippen LogP contribution in [0.4, 0.5) is 5.69 Å². The van der Waals surface area contributed by atoms with Gasteiger partial charge in [-0.2, -0.15) is 0 Å². The lowest BCUT2D eigenvalue weighted by Crippen LogP contribution is -2.23. The monoisotopic (exact) mass is 277 g/mol. The molecule has 3 nitrogen and oxygen atoms in total. The summed E-state index contributed by atoms with van der Waals surface area (Å²) in [4.78, 5) is 13.3. The highest BCUT2D eigenvalue weighted by atomic mass is 32.2. The van der Waals surface area contributed by atoms with E-state index in [1.807, 2.05) is 24.5 Å². The number of rotatable bonds is 4. The molecular formula is C15H19NO2S. The highest BCUT2D eigenvalue weighted by Gasteiger charge is 2.19. The second kappa shape index (κ2) is 6.66. The van der Waals surface area contributed by atoms with Crippen LogP contribution < -0.4 is 10.1 Å². The maximum Gasteiger partial charge on any atom is 0.227 e. The fourth-order valence-corrected chi connectivity index (χ4v) is 2.60. The topological polar surface area (TPSA) is 38.3 Å². The van der Waals surface area contributed by atoms with Crippen molar-refractivity contribution in [1.82, 2.24) is 0 Å². The number of carbonyl (C=O) groups is 1. The molecule has 1 aliphatic rings. The van der Waals surface area contributed by atoms with E-state index in [9.17, 15) is 4.79 Å². The van der Waals surface area contributed by atoms with E-state index < -0.39 is 0 Å². The van der Waals surface area contributed by atoms with Gasteiger partial charge in [-0.05, 0) is 43.7 Å². The molecule has 0 spiro atoms. The normalized spacial score (nSPS) is 18.1. The summed E-state index contributed by atoms with van der Waals surface area (Å²) in [5, 5.41) is 2.98. The van der Waals surface area contributed by atoms with Gasteiger partial charge in [-0.25, -0.2) is 0 Å². The smallest absolute Gasteiger partial charge is 0.227 e. The molecule has 0 heterocycles. The van der Waals surface area contributed by atoms with Gasteiger partial charge in [0.1, 0.15) is 5.75 Å². The van der Waals surface area contributed by atoms with Gasteiger partial charge in [0, 0.05) is 10.8 Å². The van der Waals surface area contributed by atoms with Gasteiger partial charge in [-0.15, -0.1) is 11.8 Å². The zero-order valence-electron chi connectivity index (χ0n) is 11.3. The molecule has 1 aromatic carbocycles. The van der Waals surface area contributed by atoms with Crippen LogP contribution >= 0.6 is 11.8 Å². The summed E-state index contributed by atoms with van der Waals surface area (Å²) in [5.41, 5.74) is 0.750. The fraction of sp³-hybridized carbons (Fsp3) is 0.400. The Bertz CT molecular complexity index is 485. The van der Waals surface area contributed by atoms with Crippen molar-refractivity contribution in [1.29, 1.82) is 0 Å². The lowest BCUT2D eigenvalue weighted by molar-refractivity contribution is -0.120. The Hall–Kier alpha value is -1.42. The minimum absolute atomic E-state index is 0.0786. The summed E-state index contributed by atoms with van der Waals surface area (Å²) in [7, 11) is 1.62. The fourth-order valence-electron chi connectivity index (χ4n) is 2.17. The summed E-state index contributed by atoms with van der Waals surface area (Å²) in [6.07, 6.45) is 8.98. The number of anilines is 1. The van der Waals surface area contributed by atoms with Crippen molar-refractivity contribution in [2.24, 2.45) is 5.92 Å². The predicted octanol–water partition coefficient (Wildman–Crippen LogP) is 3.71. The van der Waals surface area contributed by atoms with Crippen LogP contribution in [0.5, 0.6) is 5.75 Å². The van der Waals surface area contributed by atoms with E-state index in [4.69, 9.17) is 4.74 Å². The van der Waals surface area contributed by atoms with Crippen molar-refractivity contribution in [3.63, 3.8) is 0 Å². The standard InChI is InChI=1S/C15H19NO2S/c1-18-14-10-12(19-2)8-9-13(14)16-15(17)11-6-4-3-5-7-11/h3-4,8-11H,5-7H2,1-2H3,(H,16,17)/t11-/m1/s1. The van der Waals surface area contributed by atoms with E-state index in [2.05, 4.69) is 17.5 Å². The Kier molecular flexibility index (Phi) is 4.91. The number of thioether (sulfide) groups is 1. The molecule has 0 aliphatic heterocycles. The number of hydrogen-bond acceptors (Lipinski definition) is 3. The Balaban J connectivity index is 2.09. The minimum Gasteiger partial charge on any atom is -0.495 e. The van der Waals surface area contributed by atoms with Crippen LogP contribution in [0.15, 0.2) is 35.2 Å². The molecule has 0 saturated heterocycles. The number of carbonyl (C=O) groups excluding carboxylic acids is 1. The van der Waals surface area contributed by atoms with Crippen molar-refractivity contribution in [2.75, 3.05) is 18.7 Å². The quantitative estimate of drug-likeness (QED) is 0.673. The number of benzene rings is 1. The number of nitrogens with one attached hydrogen (secondary N) is 1. The third-order valence-corrected chi connectivity index (χ3v) is 4.03. The van der Waals surface area contributed by atoms with Crippen molar-refractivity contribution < 1.29 is 9.53 Å². The molecule has 2 rings (SSSR count). The first kappa shape index (κ1) is 14.0. The molecule has 4 heteroatoms. The summed E-state index contributed by atoms with van der Waals surface area (Å²) < 4.78 is 5.33. The number of amides is 1. The van der Waals surface area contributed by atoms with Crippen molar-refractivity contribution in [3.8, 4) is 5.75 Å². The molecule has 19 heavy (non-hydrogen) atoms. The van der Waals surface area contributed by atoms with E-state index in [0.717, 1.165) is 29.8 Å². The Morgan fingerprint density at radius 2 is 2.26 bits per heavy atom. The van der Waals surface area contributed by atoms with Gasteiger partial charge in [0.25, 0.3) is 0 Å². The summed E-state index contributed by atoms with van der Waals surface area (Å²) in [5.74, 6) is 0.876. The SMILES string of the molecule is COc1cc(SC)ccc1NC(=O)[C@@H]1CC=CCC1. The van der Waals surface area contributed by atoms with Gasteiger partial charge < -0.3 is 10.1 Å². The molecule has 0 saturated carbocycles. The predicted molar refractivity (Wildman–Crippen MR) is 79.9 cm³/mol. The van der Waals surface area contributed by atoms with Crippen LogP contribution in [0.2, 0.25) is 0 Å². The maximum absolute atomic E-state index is 12.2. The molecule has 1 atom stereocenters. The number of ether oxygens (including phenoxy) is 1. The third kappa shape index (κ3) is 3.53. The molecule has 0 unspecified atom stereocenters. The van der Waals surface area contributed by atoms with Crippen LogP contribution in [0, 0.1) is 5.92 Å². The van der Waals surface area contributed by atoms with Crippen LogP contribution in [0.1, 0.15) is 19.3 Å². The van der Waals surface area contributed by atoms with Crippen molar-refractivity contribution in [3.05, 3.63) is 30.4 Å². The highest BCUT2D eigenvalue weighted by molar-refractivity contribution is 7.98. The van der Waals surface area contributed by atoms with Gasteiger partial charge in [0.2, 0.25) is 5.91 Å². The first-order chi connectivity index (χ1) is 9.24. The lowest BCUT2D eigenvalue weighted by Gasteiger charge is -2.18. The molecule has 0 aromatic heterocycles. The van der Waals surface area contributed by atoms with Crippen molar-refractivity contribution in [2.45, 2.75) is 24.2 Å². The molecule has 1 aliphatic carbocycles. The van der Waals surface area contributed by atoms with Gasteiger partial charge in [0.15, 0.2) is 0 Å². The molecule has 1 amide bonds. The first-order valence-corrected chi connectivity index (χ1v) is 7.65.